The molecule has 1 aliphatic rings. The highest BCUT2D eigenvalue weighted by atomic mass is 127. The summed E-state index contributed by atoms with van der Waals surface area (Å²) in [6.45, 7) is 5.88. The van der Waals surface area contributed by atoms with Crippen molar-refractivity contribution in [3.63, 3.8) is 0 Å². The Morgan fingerprint density at radius 3 is 2.45 bits per heavy atom. The van der Waals surface area contributed by atoms with E-state index >= 15 is 0 Å². The minimum absolute atomic E-state index is 0.0795. The van der Waals surface area contributed by atoms with Gasteiger partial charge in [-0.1, -0.05) is 26.0 Å². The van der Waals surface area contributed by atoms with Crippen molar-refractivity contribution < 1.29 is 54.6 Å². The Hall–Kier alpha value is -2.24. The van der Waals surface area contributed by atoms with Crippen molar-refractivity contribution in [3.05, 3.63) is 70.3 Å². The number of benzene rings is 2. The third-order valence-corrected chi connectivity index (χ3v) is 7.65. The molecule has 1 N–H and O–H groups in total. The topological polar surface area (TPSA) is 118 Å². The van der Waals surface area contributed by atoms with Crippen LogP contribution in [0.5, 0.6) is 5.75 Å². The van der Waals surface area contributed by atoms with Crippen LogP contribution in [0.1, 0.15) is 19.4 Å². The number of hydrogen-bond acceptors (Lipinski definition) is 9. The first-order valence-corrected chi connectivity index (χ1v) is 14.5. The Balaban J connectivity index is 1.89. The Labute approximate surface area is 243 Å². The first-order chi connectivity index (χ1) is 18.7. The number of aliphatic hydroxyl groups excluding tert-OH is 1. The van der Waals surface area contributed by atoms with Gasteiger partial charge in [-0.3, -0.25) is 8.98 Å². The molecule has 1 saturated heterocycles. The van der Waals surface area contributed by atoms with E-state index in [0.29, 0.717) is 11.8 Å². The van der Waals surface area contributed by atoms with E-state index in [2.05, 4.69) is 29.2 Å². The third kappa shape index (κ3) is 8.39. The van der Waals surface area contributed by atoms with Gasteiger partial charge in [-0.2, -0.15) is 21.6 Å². The first-order valence-electron chi connectivity index (χ1n) is 12.0. The van der Waals surface area contributed by atoms with Gasteiger partial charge in [0.15, 0.2) is 6.10 Å². The van der Waals surface area contributed by atoms with E-state index < -0.39 is 76.0 Å². The van der Waals surface area contributed by atoms with E-state index in [1.54, 1.807) is 38.1 Å². The minimum Gasteiger partial charge on any atom is -0.461 e. The van der Waals surface area contributed by atoms with Gasteiger partial charge in [0.25, 0.3) is 10.1 Å². The highest BCUT2D eigenvalue weighted by Crippen LogP contribution is 2.32. The molecule has 14 heteroatoms. The number of aliphatic hydroxyl groups is 1. The average Bonchev–Trinajstić information content (AvgIpc) is 2.89. The summed E-state index contributed by atoms with van der Waals surface area (Å²) in [4.78, 5) is 11.8. The van der Waals surface area contributed by atoms with Gasteiger partial charge >= 0.3 is 12.1 Å². The van der Waals surface area contributed by atoms with Gasteiger partial charge < -0.3 is 24.1 Å². The zero-order valence-corrected chi connectivity index (χ0v) is 24.4. The molecule has 9 nitrogen and oxygen atoms in total. The summed E-state index contributed by atoms with van der Waals surface area (Å²) in [5.41, 5.74) is -1.18. The average molecular weight is 700 g/mol. The summed E-state index contributed by atoms with van der Waals surface area (Å²) in [6.07, 6.45) is -10.3. The van der Waals surface area contributed by atoms with Gasteiger partial charge in [-0.05, 0) is 65.1 Å². The molecule has 3 rings (SSSR count). The van der Waals surface area contributed by atoms with Crippen LogP contribution in [0.4, 0.5) is 13.2 Å². The van der Waals surface area contributed by atoms with Crippen molar-refractivity contribution in [1.82, 2.24) is 0 Å². The molecule has 0 amide bonds. The Kier molecular flexibility index (Phi) is 11.0. The van der Waals surface area contributed by atoms with Gasteiger partial charge in [-0.15, -0.1) is 6.58 Å². The van der Waals surface area contributed by atoms with Crippen molar-refractivity contribution in [1.29, 1.82) is 0 Å². The number of rotatable bonds is 11. The zero-order valence-electron chi connectivity index (χ0n) is 21.4. The van der Waals surface area contributed by atoms with E-state index in [4.69, 9.17) is 23.1 Å². The molecule has 0 radical (unpaired) electrons. The lowest BCUT2D eigenvalue weighted by Gasteiger charge is -2.43. The number of carbonyl (C=O) groups excluding carboxylic acids is 1. The Morgan fingerprint density at radius 1 is 1.18 bits per heavy atom. The molecule has 2 aromatic carbocycles. The number of alkyl halides is 3. The molecule has 0 aliphatic carbocycles. The lowest BCUT2D eigenvalue weighted by atomic mass is 9.98. The van der Waals surface area contributed by atoms with Crippen molar-refractivity contribution in [2.45, 2.75) is 55.6 Å². The quantitative estimate of drug-likeness (QED) is 0.158. The summed E-state index contributed by atoms with van der Waals surface area (Å²) in [5, 5.41) is 11.1. The summed E-state index contributed by atoms with van der Waals surface area (Å²) >= 11 is 2.09. The highest BCUT2D eigenvalue weighted by Gasteiger charge is 2.50. The molecule has 5 atom stereocenters. The molecule has 0 spiro atoms. The van der Waals surface area contributed by atoms with E-state index in [1.165, 1.54) is 6.08 Å². The second-order valence-electron chi connectivity index (χ2n) is 9.01. The molecular formula is C26H28F3IO9S. The summed E-state index contributed by atoms with van der Waals surface area (Å²) in [6, 6.07) is 9.79. The van der Waals surface area contributed by atoms with E-state index in [1.807, 2.05) is 0 Å². The second-order valence-corrected chi connectivity index (χ2v) is 11.9. The van der Waals surface area contributed by atoms with Crippen LogP contribution in [-0.4, -0.2) is 63.4 Å². The number of esters is 1. The molecule has 2 aromatic rings. The summed E-state index contributed by atoms with van der Waals surface area (Å²) < 4.78 is 93.6. The van der Waals surface area contributed by atoms with Crippen LogP contribution in [0.2, 0.25) is 0 Å². The third-order valence-electron chi connectivity index (χ3n) is 5.65. The van der Waals surface area contributed by atoms with Gasteiger partial charge in [0.05, 0.1) is 29.6 Å². The van der Waals surface area contributed by atoms with Crippen LogP contribution in [-0.2, 0) is 39.5 Å². The highest BCUT2D eigenvalue weighted by molar-refractivity contribution is 14.1. The van der Waals surface area contributed by atoms with Crippen LogP contribution in [0, 0.1) is 9.49 Å². The Bertz CT molecular complexity index is 1270. The van der Waals surface area contributed by atoms with Gasteiger partial charge in [0.1, 0.15) is 24.1 Å². The fourth-order valence-corrected chi connectivity index (χ4v) is 4.91. The first kappa shape index (κ1) is 32.3. The molecule has 0 bridgehead atoms. The van der Waals surface area contributed by atoms with Crippen LogP contribution < -0.4 is 4.74 Å². The number of ether oxygens (including phenoxy) is 4. The fourth-order valence-electron chi connectivity index (χ4n) is 3.59. The minimum atomic E-state index is -4.77. The summed E-state index contributed by atoms with van der Waals surface area (Å²) in [7, 11) is -4.70. The molecule has 1 aliphatic heterocycles. The normalized spacial score (nSPS) is 23.6. The molecule has 0 saturated carbocycles. The maximum Gasteiger partial charge on any atom is 0.416 e. The lowest BCUT2D eigenvalue weighted by molar-refractivity contribution is -0.288. The van der Waals surface area contributed by atoms with E-state index in [9.17, 15) is 31.5 Å². The summed E-state index contributed by atoms with van der Waals surface area (Å²) in [5.74, 6) is -0.869. The molecule has 220 valence electrons. The predicted octanol–water partition coefficient (Wildman–Crippen LogP) is 4.32. The number of hydrogen-bond donors (Lipinski definition) is 1. The predicted molar refractivity (Wildman–Crippen MR) is 144 cm³/mol. The van der Waals surface area contributed by atoms with E-state index in [-0.39, 0.29) is 6.61 Å². The smallest absolute Gasteiger partial charge is 0.416 e. The Morgan fingerprint density at radius 2 is 1.85 bits per heavy atom. The number of carbonyl (C=O) groups is 1. The SMILES string of the molecule is C=CCO[C@H]1[C@H](O)[C@H](COS(=O)(=O)c2cccc(C(F)(F)F)c2)O[C@@H](Oc2ccc(I)cc2)[C@H]1OC(=O)C(C)C. The van der Waals surface area contributed by atoms with Crippen LogP contribution >= 0.6 is 22.6 Å². The lowest BCUT2D eigenvalue weighted by Crippen LogP contribution is -2.62. The largest absolute Gasteiger partial charge is 0.461 e. The van der Waals surface area contributed by atoms with Gasteiger partial charge in [-0.25, -0.2) is 0 Å². The van der Waals surface area contributed by atoms with Crippen molar-refractivity contribution in [2.24, 2.45) is 5.92 Å². The van der Waals surface area contributed by atoms with Crippen molar-refractivity contribution in [3.8, 4) is 5.75 Å². The van der Waals surface area contributed by atoms with Crippen molar-refractivity contribution in [2.75, 3.05) is 13.2 Å². The molecule has 0 unspecified atom stereocenters. The maximum atomic E-state index is 13.1. The van der Waals surface area contributed by atoms with Crippen LogP contribution in [0.15, 0.2) is 66.1 Å². The maximum absolute atomic E-state index is 13.1. The molecule has 0 aromatic heterocycles. The molecule has 1 heterocycles. The standard InChI is InChI=1S/C26H28F3IO9S/c1-4-12-35-22-21(31)20(14-36-40(33,34)19-7-5-6-16(13-19)26(27,28)29)38-25(23(22)39-24(32)15(2)3)37-18-10-8-17(30)9-11-18/h4-11,13,15,20-23,25,31H,1,12,14H2,2-3H3/t20-,21+,22-,23-,25+/m0/s1. The van der Waals surface area contributed by atoms with Crippen LogP contribution in [0.25, 0.3) is 0 Å². The van der Waals surface area contributed by atoms with Crippen LogP contribution in [0.3, 0.4) is 0 Å². The number of halogens is 4. The second kappa shape index (κ2) is 13.6. The monoisotopic (exact) mass is 700 g/mol. The van der Waals surface area contributed by atoms with E-state index in [0.717, 1.165) is 21.8 Å². The molecule has 40 heavy (non-hydrogen) atoms. The zero-order chi connectivity index (χ0) is 29.7. The van der Waals surface area contributed by atoms with Gasteiger partial charge in [0.2, 0.25) is 6.29 Å². The fraction of sp³-hybridized carbons (Fsp3) is 0.423. The van der Waals surface area contributed by atoms with Crippen molar-refractivity contribution >= 4 is 38.7 Å². The molecule has 1 fully saturated rings. The molecular weight excluding hydrogens is 672 g/mol. The van der Waals surface area contributed by atoms with Gasteiger partial charge in [0, 0.05) is 3.57 Å².